The molecule has 1 heterocycles. The first-order chi connectivity index (χ1) is 13.6. The van der Waals surface area contributed by atoms with Crippen LogP contribution in [0.3, 0.4) is 0 Å². The molecule has 2 unspecified atom stereocenters. The molecule has 3 rings (SSSR count). The number of rotatable bonds is 6. The largest absolute Gasteiger partial charge is 0.377 e. The monoisotopic (exact) mass is 392 g/mol. The summed E-state index contributed by atoms with van der Waals surface area (Å²) < 4.78 is 30.9. The van der Waals surface area contributed by atoms with Gasteiger partial charge in [0.2, 0.25) is 0 Å². The highest BCUT2D eigenvalue weighted by Gasteiger charge is 2.30. The molecule has 0 spiro atoms. The van der Waals surface area contributed by atoms with E-state index in [0.717, 1.165) is 56.5 Å². The van der Waals surface area contributed by atoms with Crippen LogP contribution in [0.15, 0.2) is 36.5 Å². The van der Waals surface area contributed by atoms with Crippen LogP contribution >= 0.6 is 0 Å². The van der Waals surface area contributed by atoms with Crippen LogP contribution in [0.2, 0.25) is 0 Å². The topological polar surface area (TPSA) is 9.23 Å². The van der Waals surface area contributed by atoms with Crippen molar-refractivity contribution < 1.29 is 13.5 Å². The zero-order valence-corrected chi connectivity index (χ0v) is 17.5. The first kappa shape index (κ1) is 21.7. The minimum absolute atomic E-state index is 0.121. The summed E-state index contributed by atoms with van der Waals surface area (Å²) in [4.78, 5) is 0. The van der Waals surface area contributed by atoms with Crippen molar-refractivity contribution in [2.45, 2.75) is 83.7 Å². The van der Waals surface area contributed by atoms with Gasteiger partial charge in [0, 0.05) is 5.92 Å². The van der Waals surface area contributed by atoms with Crippen LogP contribution in [0.25, 0.3) is 0 Å². The average molecular weight is 393 g/mol. The van der Waals surface area contributed by atoms with E-state index < -0.39 is 6.08 Å². The van der Waals surface area contributed by atoms with E-state index in [2.05, 4.69) is 31.2 Å². The normalized spacial score (nSPS) is 37.4. The molecule has 1 saturated heterocycles. The molecule has 2 saturated carbocycles. The minimum Gasteiger partial charge on any atom is -0.377 e. The Balaban J connectivity index is 1.34. The fourth-order valence-electron chi connectivity index (χ4n) is 5.54. The van der Waals surface area contributed by atoms with Crippen LogP contribution in [0.1, 0.15) is 77.6 Å². The lowest BCUT2D eigenvalue weighted by molar-refractivity contribution is -0.00175. The van der Waals surface area contributed by atoms with Gasteiger partial charge in [-0.3, -0.25) is 0 Å². The van der Waals surface area contributed by atoms with Crippen molar-refractivity contribution >= 4 is 0 Å². The van der Waals surface area contributed by atoms with Gasteiger partial charge in [0.05, 0.1) is 12.7 Å². The highest BCUT2D eigenvalue weighted by atomic mass is 19.3. The Morgan fingerprint density at radius 1 is 0.786 bits per heavy atom. The van der Waals surface area contributed by atoms with Gasteiger partial charge in [-0.25, -0.2) is 0 Å². The smallest absolute Gasteiger partial charge is 0.266 e. The maximum absolute atomic E-state index is 12.4. The lowest BCUT2D eigenvalue weighted by Gasteiger charge is -2.37. The molecule has 1 nitrogen and oxygen atoms in total. The van der Waals surface area contributed by atoms with Gasteiger partial charge in [-0.05, 0) is 107 Å². The minimum atomic E-state index is -1.49. The summed E-state index contributed by atoms with van der Waals surface area (Å²) >= 11 is 0. The maximum atomic E-state index is 12.4. The van der Waals surface area contributed by atoms with Gasteiger partial charge in [0.1, 0.15) is 0 Å². The summed E-state index contributed by atoms with van der Waals surface area (Å²) in [5.74, 6) is 3.06. The van der Waals surface area contributed by atoms with Crippen molar-refractivity contribution in [3.8, 4) is 0 Å². The van der Waals surface area contributed by atoms with Gasteiger partial charge in [-0.1, -0.05) is 24.3 Å². The first-order valence-corrected chi connectivity index (χ1v) is 11.6. The summed E-state index contributed by atoms with van der Waals surface area (Å²) in [6, 6.07) is 0. The van der Waals surface area contributed by atoms with Crippen LogP contribution in [0.5, 0.6) is 0 Å². The Kier molecular flexibility index (Phi) is 8.76. The molecule has 3 heteroatoms. The van der Waals surface area contributed by atoms with E-state index in [9.17, 15) is 8.78 Å². The van der Waals surface area contributed by atoms with Crippen LogP contribution in [-0.4, -0.2) is 12.7 Å². The second-order valence-corrected chi connectivity index (χ2v) is 9.29. The lowest BCUT2D eigenvalue weighted by atomic mass is 9.69. The second kappa shape index (κ2) is 11.3. The van der Waals surface area contributed by atoms with Crippen molar-refractivity contribution in [1.29, 1.82) is 0 Å². The van der Waals surface area contributed by atoms with E-state index in [0.29, 0.717) is 12.0 Å². The number of hydrogen-bond acceptors (Lipinski definition) is 1. The molecular formula is C25H38F2O. The highest BCUT2D eigenvalue weighted by molar-refractivity contribution is 4.98. The van der Waals surface area contributed by atoms with Crippen molar-refractivity contribution in [3.63, 3.8) is 0 Å². The molecule has 0 aromatic heterocycles. The van der Waals surface area contributed by atoms with E-state index >= 15 is 0 Å². The van der Waals surface area contributed by atoms with E-state index in [1.54, 1.807) is 0 Å². The third-order valence-corrected chi connectivity index (χ3v) is 7.36. The fourth-order valence-corrected chi connectivity index (χ4v) is 5.54. The molecule has 1 aliphatic heterocycles. The molecule has 2 aliphatic carbocycles. The number of allylic oxidation sites excluding steroid dienone is 3. The van der Waals surface area contributed by atoms with E-state index in [-0.39, 0.29) is 5.92 Å². The lowest BCUT2D eigenvalue weighted by Crippen LogP contribution is -2.26. The van der Waals surface area contributed by atoms with Crippen molar-refractivity contribution in [2.75, 3.05) is 6.61 Å². The molecule has 28 heavy (non-hydrogen) atoms. The molecule has 0 amide bonds. The predicted molar refractivity (Wildman–Crippen MR) is 112 cm³/mol. The molecule has 2 atom stereocenters. The summed E-state index contributed by atoms with van der Waals surface area (Å²) in [6.07, 6.45) is 22.3. The molecule has 158 valence electrons. The standard InChI is InChI=1S/C25H38F2O/c1-2-3-4-24-16-11-21(18-28-24)6-5-19-7-12-22(13-8-19)23-14-9-20(10-15-23)17-25(26)27/h2-3,5-6,17,19-24H,4,7-16,18H2,1H3. The molecule has 0 bridgehead atoms. The number of halogens is 2. The summed E-state index contributed by atoms with van der Waals surface area (Å²) in [7, 11) is 0. The summed E-state index contributed by atoms with van der Waals surface area (Å²) in [5, 5.41) is 0. The van der Waals surface area contributed by atoms with Crippen LogP contribution in [-0.2, 0) is 4.74 Å². The number of ether oxygens (including phenoxy) is 1. The third kappa shape index (κ3) is 6.83. The Morgan fingerprint density at radius 2 is 1.36 bits per heavy atom. The Hall–Kier alpha value is -0.960. The van der Waals surface area contributed by atoms with Gasteiger partial charge in [0.25, 0.3) is 6.08 Å². The molecule has 3 fully saturated rings. The second-order valence-electron chi connectivity index (χ2n) is 9.29. The quantitative estimate of drug-likeness (QED) is 0.421. The number of hydrogen-bond donors (Lipinski definition) is 0. The predicted octanol–water partition coefficient (Wildman–Crippen LogP) is 7.70. The average Bonchev–Trinajstić information content (AvgIpc) is 2.72. The van der Waals surface area contributed by atoms with E-state index in [4.69, 9.17) is 4.74 Å². The Bertz CT molecular complexity index is 525. The SMILES string of the molecule is CC=CCC1CCC(C=CC2CCC(C3CCC(C=C(F)F)CC3)CC2)CO1. The van der Waals surface area contributed by atoms with Gasteiger partial charge in [-0.15, -0.1) is 0 Å². The van der Waals surface area contributed by atoms with Gasteiger partial charge in [0.15, 0.2) is 0 Å². The third-order valence-electron chi connectivity index (χ3n) is 7.36. The molecular weight excluding hydrogens is 354 g/mol. The van der Waals surface area contributed by atoms with Crippen LogP contribution in [0.4, 0.5) is 8.78 Å². The zero-order chi connectivity index (χ0) is 19.8. The Labute approximate surface area is 170 Å². The van der Waals surface area contributed by atoms with Crippen molar-refractivity contribution in [1.82, 2.24) is 0 Å². The maximum Gasteiger partial charge on any atom is 0.266 e. The fraction of sp³-hybridized carbons (Fsp3) is 0.760. The van der Waals surface area contributed by atoms with Gasteiger partial charge in [-0.2, -0.15) is 8.78 Å². The van der Waals surface area contributed by atoms with Crippen LogP contribution in [0, 0.1) is 29.6 Å². The molecule has 3 aliphatic rings. The summed E-state index contributed by atoms with van der Waals surface area (Å²) in [6.45, 7) is 2.95. The molecule has 0 radical (unpaired) electrons. The van der Waals surface area contributed by atoms with Gasteiger partial charge < -0.3 is 4.74 Å². The first-order valence-electron chi connectivity index (χ1n) is 11.6. The van der Waals surface area contributed by atoms with Crippen LogP contribution < -0.4 is 0 Å². The Morgan fingerprint density at radius 3 is 1.89 bits per heavy atom. The molecule has 0 N–H and O–H groups in total. The van der Waals surface area contributed by atoms with Gasteiger partial charge >= 0.3 is 0 Å². The van der Waals surface area contributed by atoms with E-state index in [1.165, 1.54) is 44.6 Å². The van der Waals surface area contributed by atoms with Crippen molar-refractivity contribution in [2.24, 2.45) is 29.6 Å². The summed E-state index contributed by atoms with van der Waals surface area (Å²) in [5.41, 5.74) is 0. The molecule has 0 aromatic carbocycles. The zero-order valence-electron chi connectivity index (χ0n) is 17.5. The highest BCUT2D eigenvalue weighted by Crippen LogP contribution is 2.42. The molecule has 0 aromatic rings. The van der Waals surface area contributed by atoms with Crippen molar-refractivity contribution in [3.05, 3.63) is 36.5 Å². The van der Waals surface area contributed by atoms with E-state index in [1.807, 2.05) is 0 Å².